The minimum Gasteiger partial charge on any atom is -0.490 e. The first kappa shape index (κ1) is 21.8. The topological polar surface area (TPSA) is 75.7 Å². The Morgan fingerprint density at radius 2 is 1.82 bits per heavy atom. The minimum absolute atomic E-state index is 0.0896. The molecule has 0 saturated carbocycles. The van der Waals surface area contributed by atoms with E-state index in [-0.39, 0.29) is 28.7 Å². The largest absolute Gasteiger partial charge is 0.490 e. The van der Waals surface area contributed by atoms with Crippen molar-refractivity contribution in [2.75, 3.05) is 26.2 Å². The molecule has 2 aromatic carbocycles. The summed E-state index contributed by atoms with van der Waals surface area (Å²) in [5.41, 5.74) is 0.267. The van der Waals surface area contributed by atoms with Crippen LogP contribution in [0.2, 0.25) is 0 Å². The SMILES string of the molecule is CCN(CC)S(=O)(=O)c1cccc(C(=O)NCCCOc2ccccc2F)c1. The van der Waals surface area contributed by atoms with Crippen LogP contribution < -0.4 is 10.1 Å². The molecule has 0 atom stereocenters. The minimum atomic E-state index is -3.62. The number of ether oxygens (including phenoxy) is 1. The quantitative estimate of drug-likeness (QED) is 0.613. The van der Waals surface area contributed by atoms with Gasteiger partial charge in [0.25, 0.3) is 5.91 Å². The Labute approximate surface area is 165 Å². The molecule has 8 heteroatoms. The van der Waals surface area contributed by atoms with Gasteiger partial charge in [-0.3, -0.25) is 4.79 Å². The van der Waals surface area contributed by atoms with Gasteiger partial charge in [-0.1, -0.05) is 32.0 Å². The van der Waals surface area contributed by atoms with E-state index in [1.54, 1.807) is 38.1 Å². The summed E-state index contributed by atoms with van der Waals surface area (Å²) in [7, 11) is -3.62. The monoisotopic (exact) mass is 408 g/mol. The fraction of sp³-hybridized carbons (Fsp3) is 0.350. The Morgan fingerprint density at radius 1 is 1.11 bits per heavy atom. The molecule has 6 nitrogen and oxygen atoms in total. The van der Waals surface area contributed by atoms with E-state index in [0.717, 1.165) is 0 Å². The molecule has 1 amide bonds. The van der Waals surface area contributed by atoms with Gasteiger partial charge in [-0.25, -0.2) is 12.8 Å². The standard InChI is InChI=1S/C20H25FN2O4S/c1-3-23(4-2)28(25,26)17-10-7-9-16(15-17)20(24)22-13-8-14-27-19-12-6-5-11-18(19)21/h5-7,9-12,15H,3-4,8,13-14H2,1-2H3,(H,22,24). The van der Waals surface area contributed by atoms with Gasteiger partial charge in [0.1, 0.15) is 0 Å². The van der Waals surface area contributed by atoms with Crippen molar-refractivity contribution < 1.29 is 22.3 Å². The van der Waals surface area contributed by atoms with E-state index in [9.17, 15) is 17.6 Å². The highest BCUT2D eigenvalue weighted by Gasteiger charge is 2.22. The molecular formula is C20H25FN2O4S. The average Bonchev–Trinajstić information content (AvgIpc) is 2.69. The maximum atomic E-state index is 13.4. The lowest BCUT2D eigenvalue weighted by Crippen LogP contribution is -2.31. The number of halogens is 1. The summed E-state index contributed by atoms with van der Waals surface area (Å²) in [6.45, 7) is 4.81. The molecule has 0 aliphatic carbocycles. The normalized spacial score (nSPS) is 11.4. The first-order valence-electron chi connectivity index (χ1n) is 9.15. The number of carbonyl (C=O) groups excluding carboxylic acids is 1. The maximum Gasteiger partial charge on any atom is 0.251 e. The third-order valence-corrected chi connectivity index (χ3v) is 6.19. The highest BCUT2D eigenvalue weighted by atomic mass is 32.2. The van der Waals surface area contributed by atoms with Crippen LogP contribution in [0.1, 0.15) is 30.6 Å². The van der Waals surface area contributed by atoms with E-state index < -0.39 is 15.8 Å². The van der Waals surface area contributed by atoms with Crippen molar-refractivity contribution >= 4 is 15.9 Å². The number of carbonyl (C=O) groups is 1. The summed E-state index contributed by atoms with van der Waals surface area (Å²) < 4.78 is 45.3. The lowest BCUT2D eigenvalue weighted by molar-refractivity contribution is 0.0951. The molecule has 0 aromatic heterocycles. The number of nitrogens with one attached hydrogen (secondary N) is 1. The van der Waals surface area contributed by atoms with Crippen LogP contribution in [0.5, 0.6) is 5.75 Å². The summed E-state index contributed by atoms with van der Waals surface area (Å²) in [5.74, 6) is -0.636. The fourth-order valence-electron chi connectivity index (χ4n) is 2.63. The second kappa shape index (κ2) is 10.2. The van der Waals surface area contributed by atoms with Crippen molar-refractivity contribution in [1.29, 1.82) is 0 Å². The number of sulfonamides is 1. The molecule has 2 rings (SSSR count). The van der Waals surface area contributed by atoms with Gasteiger partial charge in [0.2, 0.25) is 10.0 Å². The highest BCUT2D eigenvalue weighted by molar-refractivity contribution is 7.89. The molecule has 0 aliphatic heterocycles. The van der Waals surface area contributed by atoms with E-state index in [2.05, 4.69) is 5.32 Å². The van der Waals surface area contributed by atoms with Crippen LogP contribution >= 0.6 is 0 Å². The van der Waals surface area contributed by atoms with Crippen LogP contribution in [0.3, 0.4) is 0 Å². The van der Waals surface area contributed by atoms with E-state index in [0.29, 0.717) is 26.1 Å². The Balaban J connectivity index is 1.90. The summed E-state index contributed by atoms with van der Waals surface area (Å²) in [6, 6.07) is 12.1. The van der Waals surface area contributed by atoms with Crippen molar-refractivity contribution in [3.63, 3.8) is 0 Å². The van der Waals surface area contributed by atoms with Gasteiger partial charge in [0.05, 0.1) is 11.5 Å². The van der Waals surface area contributed by atoms with Crippen molar-refractivity contribution in [2.24, 2.45) is 0 Å². The first-order valence-corrected chi connectivity index (χ1v) is 10.6. The van der Waals surface area contributed by atoms with Gasteiger partial charge in [0.15, 0.2) is 11.6 Å². The summed E-state index contributed by atoms with van der Waals surface area (Å²) in [5, 5.41) is 2.71. The van der Waals surface area contributed by atoms with Crippen LogP contribution in [-0.2, 0) is 10.0 Å². The van der Waals surface area contributed by atoms with Crippen LogP contribution in [0, 0.1) is 5.82 Å². The van der Waals surface area contributed by atoms with E-state index in [1.807, 2.05) is 0 Å². The number of rotatable bonds is 10. The zero-order valence-corrected chi connectivity index (χ0v) is 16.8. The van der Waals surface area contributed by atoms with Crippen LogP contribution in [0.4, 0.5) is 4.39 Å². The molecule has 0 spiro atoms. The Hall–Kier alpha value is -2.45. The van der Waals surface area contributed by atoms with Gasteiger partial charge in [-0.2, -0.15) is 4.31 Å². The molecule has 2 aromatic rings. The predicted molar refractivity (Wildman–Crippen MR) is 105 cm³/mol. The average molecular weight is 408 g/mol. The predicted octanol–water partition coefficient (Wildman–Crippen LogP) is 3.06. The Morgan fingerprint density at radius 3 is 2.50 bits per heavy atom. The molecule has 0 fully saturated rings. The third-order valence-electron chi connectivity index (χ3n) is 4.14. The first-order chi connectivity index (χ1) is 13.4. The number of nitrogens with zero attached hydrogens (tertiary/aromatic N) is 1. The smallest absolute Gasteiger partial charge is 0.251 e. The molecule has 0 unspecified atom stereocenters. The third kappa shape index (κ3) is 5.53. The molecule has 0 aliphatic rings. The highest BCUT2D eigenvalue weighted by Crippen LogP contribution is 2.17. The zero-order valence-electron chi connectivity index (χ0n) is 16.0. The number of benzene rings is 2. The van der Waals surface area contributed by atoms with Gasteiger partial charge < -0.3 is 10.1 Å². The number of hydrogen-bond donors (Lipinski definition) is 1. The molecule has 0 saturated heterocycles. The summed E-state index contributed by atoms with van der Waals surface area (Å²) in [6.07, 6.45) is 0.484. The molecule has 0 heterocycles. The molecule has 1 N–H and O–H groups in total. The molecule has 28 heavy (non-hydrogen) atoms. The van der Waals surface area contributed by atoms with Crippen LogP contribution in [0.25, 0.3) is 0 Å². The number of hydrogen-bond acceptors (Lipinski definition) is 4. The second-order valence-electron chi connectivity index (χ2n) is 6.01. The zero-order chi connectivity index (χ0) is 20.6. The van der Waals surface area contributed by atoms with Crippen molar-refractivity contribution in [2.45, 2.75) is 25.2 Å². The van der Waals surface area contributed by atoms with Crippen LogP contribution in [-0.4, -0.2) is 44.9 Å². The van der Waals surface area contributed by atoms with Gasteiger partial charge >= 0.3 is 0 Å². The summed E-state index contributed by atoms with van der Waals surface area (Å²) in [4.78, 5) is 12.4. The summed E-state index contributed by atoms with van der Waals surface area (Å²) >= 11 is 0. The molecule has 0 bridgehead atoms. The van der Waals surface area contributed by atoms with Crippen molar-refractivity contribution in [3.05, 3.63) is 59.9 Å². The van der Waals surface area contributed by atoms with Crippen molar-refractivity contribution in [3.8, 4) is 5.75 Å². The molecule has 152 valence electrons. The lowest BCUT2D eigenvalue weighted by Gasteiger charge is -2.18. The number of amides is 1. The number of para-hydroxylation sites is 1. The van der Waals surface area contributed by atoms with E-state index in [4.69, 9.17) is 4.74 Å². The lowest BCUT2D eigenvalue weighted by atomic mass is 10.2. The van der Waals surface area contributed by atoms with Crippen molar-refractivity contribution in [1.82, 2.24) is 9.62 Å². The van der Waals surface area contributed by atoms with Gasteiger partial charge in [-0.05, 0) is 36.8 Å². The molecule has 0 radical (unpaired) electrons. The Bertz CT molecular complexity index is 899. The van der Waals surface area contributed by atoms with Gasteiger partial charge in [0, 0.05) is 25.2 Å². The molecular weight excluding hydrogens is 383 g/mol. The second-order valence-corrected chi connectivity index (χ2v) is 7.94. The van der Waals surface area contributed by atoms with E-state index >= 15 is 0 Å². The Kier molecular flexibility index (Phi) is 7.95. The van der Waals surface area contributed by atoms with Crippen LogP contribution in [0.15, 0.2) is 53.4 Å². The van der Waals surface area contributed by atoms with Gasteiger partial charge in [-0.15, -0.1) is 0 Å². The maximum absolute atomic E-state index is 13.4. The fourth-order valence-corrected chi connectivity index (χ4v) is 4.13. The van der Waals surface area contributed by atoms with E-state index in [1.165, 1.54) is 28.6 Å².